The van der Waals surface area contributed by atoms with Crippen LogP contribution in [0.15, 0.2) is 16.7 Å². The van der Waals surface area contributed by atoms with E-state index in [0.29, 0.717) is 57.1 Å². The number of carbonyl (C=O) groups excluding carboxylic acids is 1. The molecule has 0 bridgehead atoms. The van der Waals surface area contributed by atoms with Gasteiger partial charge in [-0.25, -0.2) is 4.79 Å². The monoisotopic (exact) mass is 401 g/mol. The molecule has 9 nitrogen and oxygen atoms in total. The summed E-state index contributed by atoms with van der Waals surface area (Å²) < 4.78 is 44.7. The molecule has 1 aromatic rings. The van der Waals surface area contributed by atoms with Crippen LogP contribution in [0.4, 0.5) is 0 Å². The van der Waals surface area contributed by atoms with Gasteiger partial charge in [-0.15, -0.1) is 0 Å². The van der Waals surface area contributed by atoms with E-state index in [1.807, 2.05) is 13.8 Å². The first kappa shape index (κ1) is 20.3. The van der Waals surface area contributed by atoms with E-state index < -0.39 is 16.2 Å². The number of ether oxygens (including phenoxy) is 2. The van der Waals surface area contributed by atoms with Crippen molar-refractivity contribution in [3.8, 4) is 0 Å². The molecule has 0 N–H and O–H groups in total. The van der Waals surface area contributed by atoms with Crippen LogP contribution in [-0.4, -0.2) is 86.5 Å². The first-order chi connectivity index (χ1) is 12.8. The number of carbonyl (C=O) groups is 1. The molecule has 3 heterocycles. The molecule has 2 aliphatic heterocycles. The standard InChI is InChI=1S/C17H27N3O6S/c1-13-10-20(11-14(2)26-13)27(22,23)19-7-5-18(6-8-19)12-16-15(4-9-25-16)17(21)24-3/h4,9,13-14H,5-8,10-12H2,1-3H3. The Morgan fingerprint density at radius 2 is 1.78 bits per heavy atom. The molecule has 0 saturated carbocycles. The van der Waals surface area contributed by atoms with Gasteiger partial charge in [0.15, 0.2) is 0 Å². The van der Waals surface area contributed by atoms with E-state index >= 15 is 0 Å². The summed E-state index contributed by atoms with van der Waals surface area (Å²) in [7, 11) is -2.17. The van der Waals surface area contributed by atoms with Crippen LogP contribution in [0.1, 0.15) is 30.0 Å². The zero-order valence-corrected chi connectivity index (χ0v) is 16.8. The SMILES string of the molecule is COC(=O)c1ccoc1CN1CCN(S(=O)(=O)N2CC(C)OC(C)C2)CC1. The second-order valence-corrected chi connectivity index (χ2v) is 8.93. The Labute approximate surface area is 160 Å². The van der Waals surface area contributed by atoms with Crippen molar-refractivity contribution in [2.75, 3.05) is 46.4 Å². The van der Waals surface area contributed by atoms with Crippen molar-refractivity contribution in [2.45, 2.75) is 32.6 Å². The Morgan fingerprint density at radius 1 is 1.15 bits per heavy atom. The van der Waals surface area contributed by atoms with Crippen molar-refractivity contribution in [3.63, 3.8) is 0 Å². The van der Waals surface area contributed by atoms with Crippen molar-refractivity contribution < 1.29 is 27.1 Å². The molecular formula is C17H27N3O6S. The first-order valence-corrected chi connectivity index (χ1v) is 10.5. The topological polar surface area (TPSA) is 92.5 Å². The molecule has 2 aliphatic rings. The lowest BCUT2D eigenvalue weighted by Gasteiger charge is -2.40. The Bertz CT molecular complexity index is 746. The highest BCUT2D eigenvalue weighted by molar-refractivity contribution is 7.86. The molecule has 2 saturated heterocycles. The molecule has 0 radical (unpaired) electrons. The van der Waals surface area contributed by atoms with Gasteiger partial charge in [-0.05, 0) is 19.9 Å². The normalized spacial score (nSPS) is 26.2. The van der Waals surface area contributed by atoms with Crippen molar-refractivity contribution in [3.05, 3.63) is 23.7 Å². The van der Waals surface area contributed by atoms with Crippen LogP contribution < -0.4 is 0 Å². The van der Waals surface area contributed by atoms with Crippen LogP contribution in [0.3, 0.4) is 0 Å². The lowest BCUT2D eigenvalue weighted by molar-refractivity contribution is -0.0458. The number of hydrogen-bond donors (Lipinski definition) is 0. The number of furan rings is 1. The highest BCUT2D eigenvalue weighted by atomic mass is 32.2. The van der Waals surface area contributed by atoms with E-state index in [4.69, 9.17) is 13.9 Å². The number of methoxy groups -OCH3 is 1. The van der Waals surface area contributed by atoms with Crippen LogP contribution >= 0.6 is 0 Å². The molecule has 0 aliphatic carbocycles. The van der Waals surface area contributed by atoms with Crippen LogP contribution in [0.2, 0.25) is 0 Å². The summed E-state index contributed by atoms with van der Waals surface area (Å²) in [5.41, 5.74) is 0.406. The molecule has 2 atom stereocenters. The molecule has 27 heavy (non-hydrogen) atoms. The largest absolute Gasteiger partial charge is 0.467 e. The highest BCUT2D eigenvalue weighted by Crippen LogP contribution is 2.20. The van der Waals surface area contributed by atoms with E-state index in [1.165, 1.54) is 22.0 Å². The van der Waals surface area contributed by atoms with Gasteiger partial charge in [-0.3, -0.25) is 4.90 Å². The van der Waals surface area contributed by atoms with Crippen molar-refractivity contribution in [1.29, 1.82) is 0 Å². The van der Waals surface area contributed by atoms with Crippen LogP contribution in [0.5, 0.6) is 0 Å². The van der Waals surface area contributed by atoms with Crippen molar-refractivity contribution in [2.24, 2.45) is 0 Å². The summed E-state index contributed by atoms with van der Waals surface area (Å²) in [6, 6.07) is 1.59. The van der Waals surface area contributed by atoms with Crippen molar-refractivity contribution in [1.82, 2.24) is 13.5 Å². The molecule has 2 fully saturated rings. The van der Waals surface area contributed by atoms with Gasteiger partial charge >= 0.3 is 5.97 Å². The minimum absolute atomic E-state index is 0.111. The first-order valence-electron chi connectivity index (χ1n) is 9.09. The van der Waals surface area contributed by atoms with E-state index in [0.717, 1.165) is 0 Å². The number of morpholine rings is 1. The Morgan fingerprint density at radius 3 is 2.37 bits per heavy atom. The third kappa shape index (κ3) is 4.52. The molecule has 10 heteroatoms. The predicted molar refractivity (Wildman–Crippen MR) is 97.4 cm³/mol. The van der Waals surface area contributed by atoms with E-state index in [1.54, 1.807) is 6.07 Å². The third-order valence-corrected chi connectivity index (χ3v) is 6.86. The van der Waals surface area contributed by atoms with Gasteiger partial charge in [0.1, 0.15) is 11.3 Å². The molecule has 0 amide bonds. The molecule has 2 unspecified atom stereocenters. The minimum Gasteiger partial charge on any atom is -0.467 e. The second-order valence-electron chi connectivity index (χ2n) is 7.01. The Kier molecular flexibility index (Phi) is 6.21. The zero-order valence-electron chi connectivity index (χ0n) is 16.0. The fourth-order valence-corrected chi connectivity index (χ4v) is 5.31. The van der Waals surface area contributed by atoms with Gasteiger partial charge < -0.3 is 13.9 Å². The summed E-state index contributed by atoms with van der Waals surface area (Å²) >= 11 is 0. The van der Waals surface area contributed by atoms with E-state index in [-0.39, 0.29) is 12.2 Å². The number of piperazine rings is 1. The van der Waals surface area contributed by atoms with E-state index in [9.17, 15) is 13.2 Å². The maximum absolute atomic E-state index is 12.9. The fourth-order valence-electron chi connectivity index (χ4n) is 3.56. The summed E-state index contributed by atoms with van der Waals surface area (Å²) in [5, 5.41) is 0. The van der Waals surface area contributed by atoms with Gasteiger partial charge in [0.05, 0.1) is 32.1 Å². The predicted octanol–water partition coefficient (Wildman–Crippen LogP) is 0.538. The maximum Gasteiger partial charge on any atom is 0.341 e. The molecule has 0 spiro atoms. The van der Waals surface area contributed by atoms with Gasteiger partial charge in [0.25, 0.3) is 10.2 Å². The Balaban J connectivity index is 1.59. The lowest BCUT2D eigenvalue weighted by Crippen LogP contribution is -2.57. The third-order valence-electron chi connectivity index (χ3n) is 4.89. The van der Waals surface area contributed by atoms with Gasteiger partial charge in [0, 0.05) is 39.3 Å². The average Bonchev–Trinajstić information content (AvgIpc) is 3.09. The molecule has 3 rings (SSSR count). The molecule has 1 aromatic heterocycles. The maximum atomic E-state index is 12.9. The number of hydrogen-bond acceptors (Lipinski definition) is 7. The summed E-state index contributed by atoms with van der Waals surface area (Å²) in [4.78, 5) is 13.8. The Hall–Kier alpha value is -1.46. The smallest absolute Gasteiger partial charge is 0.341 e. The summed E-state index contributed by atoms with van der Waals surface area (Å²) in [5.74, 6) is 0.101. The molecule has 0 aromatic carbocycles. The quantitative estimate of drug-likeness (QED) is 0.665. The molecular weight excluding hydrogens is 374 g/mol. The van der Waals surface area contributed by atoms with Gasteiger partial charge in [-0.1, -0.05) is 0 Å². The number of rotatable bonds is 5. The van der Waals surface area contributed by atoms with Gasteiger partial charge in [-0.2, -0.15) is 17.0 Å². The number of esters is 1. The fraction of sp³-hybridized carbons (Fsp3) is 0.706. The molecule has 152 valence electrons. The summed E-state index contributed by atoms with van der Waals surface area (Å²) in [6.45, 7) is 6.90. The van der Waals surface area contributed by atoms with Crippen LogP contribution in [-0.2, 0) is 26.2 Å². The number of nitrogens with zero attached hydrogens (tertiary/aromatic N) is 3. The van der Waals surface area contributed by atoms with Gasteiger partial charge in [0.2, 0.25) is 0 Å². The second kappa shape index (κ2) is 8.27. The average molecular weight is 401 g/mol. The van der Waals surface area contributed by atoms with Crippen molar-refractivity contribution >= 4 is 16.2 Å². The van der Waals surface area contributed by atoms with Crippen LogP contribution in [0, 0.1) is 0 Å². The zero-order chi connectivity index (χ0) is 19.6. The highest BCUT2D eigenvalue weighted by Gasteiger charge is 2.36. The van der Waals surface area contributed by atoms with E-state index in [2.05, 4.69) is 4.90 Å². The summed E-state index contributed by atoms with van der Waals surface area (Å²) in [6.07, 6.45) is 1.24. The minimum atomic E-state index is -3.50. The van der Waals surface area contributed by atoms with Crippen LogP contribution in [0.25, 0.3) is 0 Å². The lowest BCUT2D eigenvalue weighted by atomic mass is 10.2.